The molecule has 0 atom stereocenters. The molecule has 1 fully saturated rings. The average Bonchev–Trinajstić information content (AvgIpc) is 3.38. The summed E-state index contributed by atoms with van der Waals surface area (Å²) in [5.41, 5.74) is 3.98. The van der Waals surface area contributed by atoms with Crippen LogP contribution in [-0.4, -0.2) is 57.1 Å². The third-order valence-corrected chi connectivity index (χ3v) is 6.49. The molecule has 7 heteroatoms. The maximum absolute atomic E-state index is 15.0. The fourth-order valence-electron chi connectivity index (χ4n) is 4.55. The molecule has 2 aromatic carbocycles. The number of hydrogen-bond donors (Lipinski definition) is 1. The summed E-state index contributed by atoms with van der Waals surface area (Å²) in [6, 6.07) is 15.0. The molecule has 182 valence electrons. The molecule has 1 N–H and O–H groups in total. The second kappa shape index (κ2) is 11.2. The highest BCUT2D eigenvalue weighted by molar-refractivity contribution is 5.94. The van der Waals surface area contributed by atoms with Gasteiger partial charge in [-0.1, -0.05) is 26.0 Å². The lowest BCUT2D eigenvalue weighted by molar-refractivity contribution is 0.0566. The number of nitrogens with one attached hydrogen (secondary N) is 1. The van der Waals surface area contributed by atoms with Crippen LogP contribution in [0, 0.1) is 5.82 Å². The van der Waals surface area contributed by atoms with Gasteiger partial charge >= 0.3 is 0 Å². The van der Waals surface area contributed by atoms with E-state index in [4.69, 9.17) is 0 Å². The predicted octanol–water partition coefficient (Wildman–Crippen LogP) is 5.53. The number of rotatable bonds is 5. The van der Waals surface area contributed by atoms with Gasteiger partial charge in [0, 0.05) is 29.9 Å². The van der Waals surface area contributed by atoms with E-state index >= 15 is 0 Å². The summed E-state index contributed by atoms with van der Waals surface area (Å²) in [6.07, 6.45) is 6.60. The van der Waals surface area contributed by atoms with Crippen molar-refractivity contribution < 1.29 is 9.18 Å². The molecule has 1 aliphatic rings. The Balaban J connectivity index is 0.00000141. The van der Waals surface area contributed by atoms with Crippen molar-refractivity contribution in [2.24, 2.45) is 0 Å². The van der Waals surface area contributed by atoms with E-state index in [-0.39, 0.29) is 24.3 Å². The SMILES string of the molecule is CC.CN1CCC(N(Cc2cc(-c3ccc4[nH]ccc4c3)ccc2F)C(=O)c2ccnnc2)CC1. The molecule has 0 unspecified atom stereocenters. The normalized spacial score (nSPS) is 14.4. The van der Waals surface area contributed by atoms with Gasteiger partial charge in [0.05, 0.1) is 18.0 Å². The Labute approximate surface area is 205 Å². The van der Waals surface area contributed by atoms with Gasteiger partial charge in [-0.15, -0.1) is 0 Å². The van der Waals surface area contributed by atoms with Crippen molar-refractivity contribution in [3.8, 4) is 11.1 Å². The molecule has 3 heterocycles. The van der Waals surface area contributed by atoms with Crippen LogP contribution in [0.1, 0.15) is 42.6 Å². The van der Waals surface area contributed by atoms with Crippen LogP contribution in [0.3, 0.4) is 0 Å². The third kappa shape index (κ3) is 5.57. The molecule has 6 nitrogen and oxygen atoms in total. The predicted molar refractivity (Wildman–Crippen MR) is 137 cm³/mol. The zero-order valence-electron chi connectivity index (χ0n) is 20.5. The fraction of sp³-hybridized carbons (Fsp3) is 0.321. The van der Waals surface area contributed by atoms with Crippen molar-refractivity contribution in [2.45, 2.75) is 39.3 Å². The van der Waals surface area contributed by atoms with Crippen molar-refractivity contribution in [3.05, 3.63) is 84.1 Å². The summed E-state index contributed by atoms with van der Waals surface area (Å²) in [4.78, 5) is 20.7. The van der Waals surface area contributed by atoms with E-state index in [1.807, 2.05) is 49.2 Å². The molecule has 1 saturated heterocycles. The first-order valence-electron chi connectivity index (χ1n) is 12.2. The minimum atomic E-state index is -0.306. The zero-order chi connectivity index (χ0) is 24.8. The van der Waals surface area contributed by atoms with E-state index in [1.54, 1.807) is 12.1 Å². The van der Waals surface area contributed by atoms with Crippen LogP contribution in [0.5, 0.6) is 0 Å². The second-order valence-corrected chi connectivity index (χ2v) is 8.68. The van der Waals surface area contributed by atoms with E-state index in [2.05, 4.69) is 33.2 Å². The summed E-state index contributed by atoms with van der Waals surface area (Å²) in [7, 11) is 2.08. The molecule has 2 aromatic heterocycles. The molecule has 1 aliphatic heterocycles. The Bertz CT molecular complexity index is 1260. The molecule has 0 spiro atoms. The molecule has 5 rings (SSSR count). The topological polar surface area (TPSA) is 65.1 Å². The number of carbonyl (C=O) groups excluding carboxylic acids is 1. The second-order valence-electron chi connectivity index (χ2n) is 8.68. The maximum atomic E-state index is 15.0. The number of aromatic nitrogens is 3. The highest BCUT2D eigenvalue weighted by Gasteiger charge is 2.29. The molecule has 35 heavy (non-hydrogen) atoms. The molecule has 0 aliphatic carbocycles. The number of nitrogens with zero attached hydrogens (tertiary/aromatic N) is 4. The lowest BCUT2D eigenvalue weighted by Crippen LogP contribution is -2.46. The van der Waals surface area contributed by atoms with E-state index in [1.165, 1.54) is 18.5 Å². The van der Waals surface area contributed by atoms with Crippen LogP contribution >= 0.6 is 0 Å². The molecule has 0 bridgehead atoms. The van der Waals surface area contributed by atoms with Gasteiger partial charge in [0.2, 0.25) is 0 Å². The van der Waals surface area contributed by atoms with Crippen molar-refractivity contribution >= 4 is 16.8 Å². The maximum Gasteiger partial charge on any atom is 0.256 e. The molecular weight excluding hydrogens is 441 g/mol. The first kappa shape index (κ1) is 24.5. The van der Waals surface area contributed by atoms with Gasteiger partial charge in [-0.05, 0) is 85.9 Å². The largest absolute Gasteiger partial charge is 0.361 e. The van der Waals surface area contributed by atoms with Crippen LogP contribution in [0.15, 0.2) is 67.1 Å². The lowest BCUT2D eigenvalue weighted by atomic mass is 9.99. The summed E-state index contributed by atoms with van der Waals surface area (Å²) in [5, 5.41) is 8.75. The van der Waals surface area contributed by atoms with E-state index < -0.39 is 0 Å². The number of aromatic amines is 1. The molecule has 1 amide bonds. The summed E-state index contributed by atoms with van der Waals surface area (Å²) < 4.78 is 15.0. The Morgan fingerprint density at radius 1 is 1.06 bits per heavy atom. The number of fused-ring (bicyclic) bond motifs is 1. The quantitative estimate of drug-likeness (QED) is 0.414. The fourth-order valence-corrected chi connectivity index (χ4v) is 4.55. The summed E-state index contributed by atoms with van der Waals surface area (Å²) in [5.74, 6) is -0.446. The van der Waals surface area contributed by atoms with Crippen molar-refractivity contribution in [3.63, 3.8) is 0 Å². The van der Waals surface area contributed by atoms with E-state index in [0.717, 1.165) is 48.0 Å². The molecular formula is C28H32FN5O. The molecule has 0 radical (unpaired) electrons. The van der Waals surface area contributed by atoms with Crippen molar-refractivity contribution in [1.82, 2.24) is 25.0 Å². The smallest absolute Gasteiger partial charge is 0.256 e. The van der Waals surface area contributed by atoms with E-state index in [9.17, 15) is 9.18 Å². The third-order valence-electron chi connectivity index (χ3n) is 6.49. The van der Waals surface area contributed by atoms with Crippen LogP contribution in [0.25, 0.3) is 22.0 Å². The minimum Gasteiger partial charge on any atom is -0.361 e. The van der Waals surface area contributed by atoms with E-state index in [0.29, 0.717) is 11.1 Å². The Morgan fingerprint density at radius 2 is 1.80 bits per heavy atom. The van der Waals surface area contributed by atoms with Gasteiger partial charge in [-0.3, -0.25) is 4.79 Å². The number of amides is 1. The van der Waals surface area contributed by atoms with Crippen LogP contribution in [-0.2, 0) is 6.54 Å². The van der Waals surface area contributed by atoms with Gasteiger partial charge < -0.3 is 14.8 Å². The standard InChI is InChI=1S/C26H26FN5O.C2H6/c1-31-12-8-23(9-13-31)32(26(33)21-7-11-29-30-16-21)17-22-15-18(2-4-24(22)27)19-3-5-25-20(14-19)6-10-28-25;1-2/h2-7,10-11,14-16,23,28H,8-9,12-13,17H2,1H3;1-2H3. The first-order chi connectivity index (χ1) is 17.1. The number of halogens is 1. The van der Waals surface area contributed by atoms with Crippen LogP contribution < -0.4 is 0 Å². The number of H-pyrrole nitrogens is 1. The monoisotopic (exact) mass is 473 g/mol. The van der Waals surface area contributed by atoms with Gasteiger partial charge in [0.1, 0.15) is 5.82 Å². The zero-order valence-corrected chi connectivity index (χ0v) is 20.5. The Kier molecular flexibility index (Phi) is 7.87. The summed E-state index contributed by atoms with van der Waals surface area (Å²) >= 11 is 0. The van der Waals surface area contributed by atoms with Gasteiger partial charge in [0.15, 0.2) is 0 Å². The number of benzene rings is 2. The number of piperidine rings is 1. The average molecular weight is 474 g/mol. The molecule has 0 saturated carbocycles. The van der Waals surface area contributed by atoms with Crippen LogP contribution in [0.4, 0.5) is 4.39 Å². The van der Waals surface area contributed by atoms with Gasteiger partial charge in [-0.2, -0.15) is 10.2 Å². The summed E-state index contributed by atoms with van der Waals surface area (Å²) in [6.45, 7) is 6.02. The Hall–Kier alpha value is -3.58. The first-order valence-corrected chi connectivity index (χ1v) is 12.2. The highest BCUT2D eigenvalue weighted by Crippen LogP contribution is 2.28. The minimum absolute atomic E-state index is 0.0427. The number of hydrogen-bond acceptors (Lipinski definition) is 4. The Morgan fingerprint density at radius 3 is 2.54 bits per heavy atom. The van der Waals surface area contributed by atoms with Crippen LogP contribution in [0.2, 0.25) is 0 Å². The van der Waals surface area contributed by atoms with Gasteiger partial charge in [-0.25, -0.2) is 4.39 Å². The number of carbonyl (C=O) groups is 1. The number of likely N-dealkylation sites (tertiary alicyclic amines) is 1. The van der Waals surface area contributed by atoms with Gasteiger partial charge in [0.25, 0.3) is 5.91 Å². The molecule has 4 aromatic rings. The highest BCUT2D eigenvalue weighted by atomic mass is 19.1. The van der Waals surface area contributed by atoms with Crippen molar-refractivity contribution in [2.75, 3.05) is 20.1 Å². The van der Waals surface area contributed by atoms with Crippen molar-refractivity contribution in [1.29, 1.82) is 0 Å². The lowest BCUT2D eigenvalue weighted by Gasteiger charge is -2.37.